The van der Waals surface area contributed by atoms with E-state index in [4.69, 9.17) is 11.5 Å². The first-order chi connectivity index (χ1) is 6.15. The molecule has 1 rings (SSSR count). The Hall–Kier alpha value is -1.54. The van der Waals surface area contributed by atoms with E-state index in [-0.39, 0.29) is 25.5 Å². The molecule has 13 heavy (non-hydrogen) atoms. The summed E-state index contributed by atoms with van der Waals surface area (Å²) in [5.74, 6) is 1.18. The van der Waals surface area contributed by atoms with Crippen LogP contribution >= 0.6 is 0 Å². The SMILES string of the molecule is C#CCN1CC(=O)NCC1C(=O)O. The molecular weight excluding hydrogens is 172 g/mol. The minimum absolute atomic E-state index is 0.0567. The van der Waals surface area contributed by atoms with E-state index in [1.54, 1.807) is 0 Å². The summed E-state index contributed by atoms with van der Waals surface area (Å²) in [6, 6.07) is -0.700. The summed E-state index contributed by atoms with van der Waals surface area (Å²) in [6.45, 7) is 0.363. The number of carboxylic acids is 1. The Kier molecular flexibility index (Phi) is 2.88. The molecule has 0 aliphatic carbocycles. The minimum Gasteiger partial charge on any atom is -0.480 e. The summed E-state index contributed by atoms with van der Waals surface area (Å²) in [5.41, 5.74) is 0. The molecule has 1 aliphatic heterocycles. The molecule has 5 nitrogen and oxygen atoms in total. The maximum Gasteiger partial charge on any atom is 0.322 e. The van der Waals surface area contributed by atoms with Crippen molar-refractivity contribution in [3.63, 3.8) is 0 Å². The van der Waals surface area contributed by atoms with Gasteiger partial charge >= 0.3 is 5.97 Å². The lowest BCUT2D eigenvalue weighted by Crippen LogP contribution is -2.57. The molecule has 5 heteroatoms. The summed E-state index contributed by atoms with van der Waals surface area (Å²) in [6.07, 6.45) is 5.05. The van der Waals surface area contributed by atoms with Crippen LogP contribution in [0.2, 0.25) is 0 Å². The van der Waals surface area contributed by atoms with Crippen LogP contribution < -0.4 is 5.32 Å². The number of carboxylic acid groups (broad SMARTS) is 1. The average Bonchev–Trinajstić information content (AvgIpc) is 2.04. The van der Waals surface area contributed by atoms with Gasteiger partial charge in [-0.1, -0.05) is 5.92 Å². The molecule has 0 aromatic carbocycles. The molecule has 1 unspecified atom stereocenters. The van der Waals surface area contributed by atoms with Crippen molar-refractivity contribution in [2.75, 3.05) is 19.6 Å². The molecule has 1 fully saturated rings. The smallest absolute Gasteiger partial charge is 0.322 e. The van der Waals surface area contributed by atoms with Gasteiger partial charge in [0.2, 0.25) is 5.91 Å². The van der Waals surface area contributed by atoms with Crippen LogP contribution in [0.15, 0.2) is 0 Å². The first kappa shape index (κ1) is 9.55. The first-order valence-electron chi connectivity index (χ1n) is 3.82. The van der Waals surface area contributed by atoms with E-state index in [0.29, 0.717) is 0 Å². The van der Waals surface area contributed by atoms with Gasteiger partial charge in [0.05, 0.1) is 13.1 Å². The highest BCUT2D eigenvalue weighted by Crippen LogP contribution is 2.02. The summed E-state index contributed by atoms with van der Waals surface area (Å²) in [4.78, 5) is 23.0. The standard InChI is InChI=1S/C8H10N2O3/c1-2-3-10-5-7(11)9-4-6(10)8(12)13/h1,6H,3-5H2,(H,9,11)(H,12,13). The number of hydrogen-bond donors (Lipinski definition) is 2. The van der Waals surface area contributed by atoms with E-state index < -0.39 is 12.0 Å². The van der Waals surface area contributed by atoms with Crippen molar-refractivity contribution in [1.82, 2.24) is 10.2 Å². The van der Waals surface area contributed by atoms with Crippen LogP contribution in [-0.4, -0.2) is 47.6 Å². The molecule has 1 saturated heterocycles. The van der Waals surface area contributed by atoms with E-state index in [9.17, 15) is 9.59 Å². The van der Waals surface area contributed by atoms with Crippen molar-refractivity contribution in [3.8, 4) is 12.3 Å². The lowest BCUT2D eigenvalue weighted by atomic mass is 10.2. The van der Waals surface area contributed by atoms with Crippen LogP contribution in [0.4, 0.5) is 0 Å². The quantitative estimate of drug-likeness (QED) is 0.510. The highest BCUT2D eigenvalue weighted by molar-refractivity contribution is 5.83. The number of amides is 1. The molecule has 1 heterocycles. The van der Waals surface area contributed by atoms with Crippen molar-refractivity contribution in [2.24, 2.45) is 0 Å². The van der Waals surface area contributed by atoms with Gasteiger partial charge in [0.25, 0.3) is 0 Å². The van der Waals surface area contributed by atoms with Crippen LogP contribution in [-0.2, 0) is 9.59 Å². The van der Waals surface area contributed by atoms with Crippen LogP contribution in [0.25, 0.3) is 0 Å². The predicted octanol–water partition coefficient (Wildman–Crippen LogP) is -1.50. The van der Waals surface area contributed by atoms with Crippen molar-refractivity contribution < 1.29 is 14.7 Å². The largest absolute Gasteiger partial charge is 0.480 e. The second-order valence-electron chi connectivity index (χ2n) is 2.77. The number of terminal acetylenes is 1. The van der Waals surface area contributed by atoms with Crippen molar-refractivity contribution in [1.29, 1.82) is 0 Å². The van der Waals surface area contributed by atoms with Crippen LogP contribution in [0.3, 0.4) is 0 Å². The zero-order chi connectivity index (χ0) is 9.84. The second-order valence-corrected chi connectivity index (χ2v) is 2.77. The molecule has 2 N–H and O–H groups in total. The van der Waals surface area contributed by atoms with Gasteiger partial charge < -0.3 is 10.4 Å². The summed E-state index contributed by atoms with van der Waals surface area (Å²) in [5, 5.41) is 11.2. The Balaban J connectivity index is 2.66. The Morgan fingerprint density at radius 2 is 2.54 bits per heavy atom. The van der Waals surface area contributed by atoms with Gasteiger partial charge in [-0.25, -0.2) is 0 Å². The highest BCUT2D eigenvalue weighted by atomic mass is 16.4. The van der Waals surface area contributed by atoms with Gasteiger partial charge in [0.15, 0.2) is 0 Å². The average molecular weight is 182 g/mol. The number of piperazine rings is 1. The number of aliphatic carboxylic acids is 1. The van der Waals surface area contributed by atoms with Crippen LogP contribution in [0.1, 0.15) is 0 Å². The zero-order valence-electron chi connectivity index (χ0n) is 6.99. The van der Waals surface area contributed by atoms with E-state index in [2.05, 4.69) is 11.2 Å². The number of rotatable bonds is 2. The Morgan fingerprint density at radius 3 is 3.08 bits per heavy atom. The molecular formula is C8H10N2O3. The fraction of sp³-hybridized carbons (Fsp3) is 0.500. The van der Waals surface area contributed by atoms with Gasteiger partial charge in [-0.2, -0.15) is 0 Å². The van der Waals surface area contributed by atoms with E-state index in [1.807, 2.05) is 0 Å². The van der Waals surface area contributed by atoms with Crippen molar-refractivity contribution in [3.05, 3.63) is 0 Å². The molecule has 1 aliphatic rings. The normalized spacial score (nSPS) is 23.3. The number of nitrogens with one attached hydrogen (secondary N) is 1. The Morgan fingerprint density at radius 1 is 1.85 bits per heavy atom. The number of carbonyl (C=O) groups excluding carboxylic acids is 1. The lowest BCUT2D eigenvalue weighted by Gasteiger charge is -2.30. The minimum atomic E-state index is -0.963. The summed E-state index contributed by atoms with van der Waals surface area (Å²) in [7, 11) is 0. The molecule has 0 spiro atoms. The van der Waals surface area contributed by atoms with Gasteiger partial charge in [0, 0.05) is 6.54 Å². The monoisotopic (exact) mass is 182 g/mol. The third-order valence-electron chi connectivity index (χ3n) is 1.86. The highest BCUT2D eigenvalue weighted by Gasteiger charge is 2.30. The molecule has 1 amide bonds. The number of carbonyl (C=O) groups is 2. The topological polar surface area (TPSA) is 69.6 Å². The molecule has 70 valence electrons. The zero-order valence-corrected chi connectivity index (χ0v) is 6.99. The lowest BCUT2D eigenvalue weighted by molar-refractivity contribution is -0.145. The van der Waals surface area contributed by atoms with Gasteiger partial charge in [-0.05, 0) is 0 Å². The number of nitrogens with zero attached hydrogens (tertiary/aromatic N) is 1. The van der Waals surface area contributed by atoms with Crippen molar-refractivity contribution in [2.45, 2.75) is 6.04 Å². The third kappa shape index (κ3) is 2.20. The predicted molar refractivity (Wildman–Crippen MR) is 44.8 cm³/mol. The van der Waals surface area contributed by atoms with Gasteiger partial charge in [0.1, 0.15) is 6.04 Å². The van der Waals surface area contributed by atoms with E-state index >= 15 is 0 Å². The molecule has 0 radical (unpaired) electrons. The molecule has 1 atom stereocenters. The number of hydrogen-bond acceptors (Lipinski definition) is 3. The van der Waals surface area contributed by atoms with Crippen molar-refractivity contribution >= 4 is 11.9 Å². The maximum absolute atomic E-state index is 10.9. The fourth-order valence-electron chi connectivity index (χ4n) is 1.22. The molecule has 0 bridgehead atoms. The van der Waals surface area contributed by atoms with E-state index in [0.717, 1.165) is 0 Å². The second kappa shape index (κ2) is 3.92. The molecule has 0 aromatic heterocycles. The van der Waals surface area contributed by atoms with Gasteiger partial charge in [-0.3, -0.25) is 14.5 Å². The molecule has 0 saturated carbocycles. The van der Waals surface area contributed by atoms with E-state index in [1.165, 1.54) is 4.90 Å². The van der Waals surface area contributed by atoms with Gasteiger partial charge in [-0.15, -0.1) is 6.42 Å². The Labute approximate surface area is 75.7 Å². The van der Waals surface area contributed by atoms with Crippen LogP contribution in [0, 0.1) is 12.3 Å². The summed E-state index contributed by atoms with van der Waals surface area (Å²) < 4.78 is 0. The Bertz CT molecular complexity index is 269. The first-order valence-corrected chi connectivity index (χ1v) is 3.82. The summed E-state index contributed by atoms with van der Waals surface area (Å²) >= 11 is 0. The third-order valence-corrected chi connectivity index (χ3v) is 1.86. The maximum atomic E-state index is 10.9. The molecule has 0 aromatic rings. The van der Waals surface area contributed by atoms with Crippen LogP contribution in [0.5, 0.6) is 0 Å². The fourth-order valence-corrected chi connectivity index (χ4v) is 1.22.